The van der Waals surface area contributed by atoms with E-state index in [4.69, 9.17) is 5.11 Å². The summed E-state index contributed by atoms with van der Waals surface area (Å²) in [5.74, 6) is -6.46. The molecule has 1 aliphatic rings. The number of carbonyl (C=O) groups excluding carboxylic acids is 1. The van der Waals surface area contributed by atoms with Gasteiger partial charge in [-0.05, 0) is 6.07 Å². The Bertz CT molecular complexity index is 619. The van der Waals surface area contributed by atoms with Crippen LogP contribution in [0.3, 0.4) is 0 Å². The summed E-state index contributed by atoms with van der Waals surface area (Å²) in [5, 5.41) is 18.1. The number of amides is 1. The van der Waals surface area contributed by atoms with Crippen LogP contribution < -0.4 is 0 Å². The quantitative estimate of drug-likeness (QED) is 0.865. The van der Waals surface area contributed by atoms with Gasteiger partial charge >= 0.3 is 11.9 Å². The fraction of sp³-hybridized carbons (Fsp3) is 0.308. The molecule has 2 rings (SSSR count). The van der Waals surface area contributed by atoms with Crippen molar-refractivity contribution in [3.63, 3.8) is 0 Å². The van der Waals surface area contributed by atoms with Crippen LogP contribution in [0, 0.1) is 17.6 Å². The van der Waals surface area contributed by atoms with Crippen LogP contribution in [-0.4, -0.2) is 39.5 Å². The summed E-state index contributed by atoms with van der Waals surface area (Å²) < 4.78 is 26.6. The number of carboxylic acids is 2. The van der Waals surface area contributed by atoms with Crippen LogP contribution in [0.2, 0.25) is 0 Å². The first kappa shape index (κ1) is 14.9. The number of benzene rings is 1. The Morgan fingerprint density at radius 2 is 1.95 bits per heavy atom. The van der Waals surface area contributed by atoms with Crippen molar-refractivity contribution in [1.82, 2.24) is 4.90 Å². The van der Waals surface area contributed by atoms with E-state index < -0.39 is 41.4 Å². The van der Waals surface area contributed by atoms with Gasteiger partial charge in [0.1, 0.15) is 11.6 Å². The van der Waals surface area contributed by atoms with Gasteiger partial charge in [-0.15, -0.1) is 0 Å². The van der Waals surface area contributed by atoms with Crippen LogP contribution >= 0.6 is 0 Å². The number of halogens is 2. The standard InChI is InChI=1S/C13H11F2NO5/c14-7-1-2-8(9(15)4-7)11(13(20)21)16-5-6(12(18)19)3-10(16)17/h1-2,4,6,11H,3,5H2,(H,18,19)(H,20,21). The molecule has 0 aromatic heterocycles. The zero-order valence-corrected chi connectivity index (χ0v) is 10.6. The molecule has 21 heavy (non-hydrogen) atoms. The van der Waals surface area contributed by atoms with Crippen LogP contribution in [0.5, 0.6) is 0 Å². The maximum atomic E-state index is 13.7. The molecule has 112 valence electrons. The van der Waals surface area contributed by atoms with E-state index in [1.54, 1.807) is 0 Å². The minimum absolute atomic E-state index is 0.331. The van der Waals surface area contributed by atoms with Crippen molar-refractivity contribution in [2.24, 2.45) is 5.92 Å². The highest BCUT2D eigenvalue weighted by Gasteiger charge is 2.42. The number of hydrogen-bond donors (Lipinski definition) is 2. The summed E-state index contributed by atoms with van der Waals surface area (Å²) in [4.78, 5) is 34.8. The predicted molar refractivity (Wildman–Crippen MR) is 64.2 cm³/mol. The first-order chi connectivity index (χ1) is 9.81. The molecular weight excluding hydrogens is 288 g/mol. The third-order valence-corrected chi connectivity index (χ3v) is 3.31. The van der Waals surface area contributed by atoms with Gasteiger partial charge in [0, 0.05) is 24.6 Å². The molecule has 2 atom stereocenters. The van der Waals surface area contributed by atoms with Crippen molar-refractivity contribution in [3.8, 4) is 0 Å². The fourth-order valence-electron chi connectivity index (χ4n) is 2.30. The molecule has 0 aliphatic carbocycles. The molecule has 8 heteroatoms. The van der Waals surface area contributed by atoms with Crippen molar-refractivity contribution in [2.75, 3.05) is 6.54 Å². The van der Waals surface area contributed by atoms with E-state index >= 15 is 0 Å². The third kappa shape index (κ3) is 2.83. The van der Waals surface area contributed by atoms with Crippen LogP contribution in [0.15, 0.2) is 18.2 Å². The molecule has 6 nitrogen and oxygen atoms in total. The summed E-state index contributed by atoms with van der Waals surface area (Å²) in [7, 11) is 0. The van der Waals surface area contributed by atoms with Gasteiger partial charge < -0.3 is 15.1 Å². The van der Waals surface area contributed by atoms with E-state index in [9.17, 15) is 28.3 Å². The molecule has 1 aromatic carbocycles. The second-order valence-electron chi connectivity index (χ2n) is 4.69. The molecule has 1 heterocycles. The molecule has 2 unspecified atom stereocenters. The Kier molecular flexibility index (Phi) is 3.88. The van der Waals surface area contributed by atoms with E-state index in [0.717, 1.165) is 17.0 Å². The number of carboxylic acid groups (broad SMARTS) is 2. The molecule has 1 aromatic rings. The predicted octanol–water partition coefficient (Wildman–Crippen LogP) is 1.02. The Morgan fingerprint density at radius 3 is 2.43 bits per heavy atom. The zero-order valence-electron chi connectivity index (χ0n) is 10.6. The molecule has 1 fully saturated rings. The van der Waals surface area contributed by atoms with Crippen LogP contribution in [0.4, 0.5) is 8.78 Å². The highest BCUT2D eigenvalue weighted by Crippen LogP contribution is 2.30. The molecule has 1 saturated heterocycles. The van der Waals surface area contributed by atoms with Crippen molar-refractivity contribution in [1.29, 1.82) is 0 Å². The van der Waals surface area contributed by atoms with E-state index in [1.165, 1.54) is 0 Å². The van der Waals surface area contributed by atoms with E-state index in [-0.39, 0.29) is 18.5 Å². The monoisotopic (exact) mass is 299 g/mol. The number of aliphatic carboxylic acids is 2. The number of likely N-dealkylation sites (tertiary alicyclic amines) is 1. The molecule has 1 amide bonds. The summed E-state index contributed by atoms with van der Waals surface area (Å²) in [6, 6.07) is 0.650. The van der Waals surface area contributed by atoms with Crippen LogP contribution in [-0.2, 0) is 14.4 Å². The lowest BCUT2D eigenvalue weighted by molar-refractivity contribution is -0.149. The molecule has 0 bridgehead atoms. The lowest BCUT2D eigenvalue weighted by Gasteiger charge is -2.25. The van der Waals surface area contributed by atoms with Gasteiger partial charge in [0.2, 0.25) is 5.91 Å². The minimum Gasteiger partial charge on any atom is -0.481 e. The maximum absolute atomic E-state index is 13.7. The Balaban J connectivity index is 2.38. The average molecular weight is 299 g/mol. The number of rotatable bonds is 4. The summed E-state index contributed by atoms with van der Waals surface area (Å²) in [6.07, 6.45) is -0.345. The van der Waals surface area contributed by atoms with Gasteiger partial charge in [0.25, 0.3) is 0 Å². The van der Waals surface area contributed by atoms with Crippen LogP contribution in [0.25, 0.3) is 0 Å². The highest BCUT2D eigenvalue weighted by atomic mass is 19.1. The van der Waals surface area contributed by atoms with E-state index in [1.807, 2.05) is 0 Å². The van der Waals surface area contributed by atoms with E-state index in [2.05, 4.69) is 0 Å². The highest BCUT2D eigenvalue weighted by molar-refractivity contribution is 5.90. The number of carbonyl (C=O) groups is 3. The van der Waals surface area contributed by atoms with Gasteiger partial charge in [-0.25, -0.2) is 13.6 Å². The molecule has 0 saturated carbocycles. The summed E-state index contributed by atoms with van der Waals surface area (Å²) in [6.45, 7) is -0.331. The van der Waals surface area contributed by atoms with Crippen molar-refractivity contribution < 1.29 is 33.4 Å². The van der Waals surface area contributed by atoms with Crippen molar-refractivity contribution in [3.05, 3.63) is 35.4 Å². The molecule has 2 N–H and O–H groups in total. The second-order valence-corrected chi connectivity index (χ2v) is 4.69. The second kappa shape index (κ2) is 5.47. The normalized spacial score (nSPS) is 19.6. The summed E-state index contributed by atoms with van der Waals surface area (Å²) in [5.41, 5.74) is -0.386. The van der Waals surface area contributed by atoms with Crippen LogP contribution in [0.1, 0.15) is 18.0 Å². The first-order valence-corrected chi connectivity index (χ1v) is 6.01. The SMILES string of the molecule is O=C(O)C1CC(=O)N(C(C(=O)O)c2ccc(F)cc2F)C1. The minimum atomic E-state index is -1.68. The molecule has 0 radical (unpaired) electrons. The van der Waals surface area contributed by atoms with Gasteiger partial charge in [-0.2, -0.15) is 0 Å². The Labute approximate surface area is 117 Å². The lowest BCUT2D eigenvalue weighted by atomic mass is 10.0. The molecule has 1 aliphatic heterocycles. The average Bonchev–Trinajstić information content (AvgIpc) is 2.74. The first-order valence-electron chi connectivity index (χ1n) is 6.01. The zero-order chi connectivity index (χ0) is 15.7. The lowest BCUT2D eigenvalue weighted by Crippen LogP contribution is -2.36. The van der Waals surface area contributed by atoms with E-state index in [0.29, 0.717) is 6.07 Å². The molecule has 0 spiro atoms. The third-order valence-electron chi connectivity index (χ3n) is 3.31. The smallest absolute Gasteiger partial charge is 0.331 e. The Hall–Kier alpha value is -2.51. The van der Waals surface area contributed by atoms with Gasteiger partial charge in [0.05, 0.1) is 5.92 Å². The number of nitrogens with zero attached hydrogens (tertiary/aromatic N) is 1. The van der Waals surface area contributed by atoms with Crippen molar-refractivity contribution in [2.45, 2.75) is 12.5 Å². The largest absolute Gasteiger partial charge is 0.481 e. The van der Waals surface area contributed by atoms with Crippen molar-refractivity contribution >= 4 is 17.8 Å². The number of hydrogen-bond acceptors (Lipinski definition) is 3. The summed E-state index contributed by atoms with van der Waals surface area (Å²) >= 11 is 0. The molecular formula is C13H11F2NO5. The maximum Gasteiger partial charge on any atom is 0.331 e. The van der Waals surface area contributed by atoms with Gasteiger partial charge in [-0.1, -0.05) is 6.07 Å². The fourth-order valence-corrected chi connectivity index (χ4v) is 2.30. The topological polar surface area (TPSA) is 94.9 Å². The van der Waals surface area contributed by atoms with Gasteiger partial charge in [-0.3, -0.25) is 9.59 Å². The van der Waals surface area contributed by atoms with Gasteiger partial charge in [0.15, 0.2) is 6.04 Å². The Morgan fingerprint density at radius 1 is 1.29 bits per heavy atom.